The van der Waals surface area contributed by atoms with Crippen LogP contribution in [0.1, 0.15) is 33.5 Å². The highest BCUT2D eigenvalue weighted by Crippen LogP contribution is 2.48. The van der Waals surface area contributed by atoms with Gasteiger partial charge >= 0.3 is 0 Å². The summed E-state index contributed by atoms with van der Waals surface area (Å²) in [6.07, 6.45) is 1.04. The number of ether oxygens (including phenoxy) is 2. The van der Waals surface area contributed by atoms with E-state index in [4.69, 9.17) is 21.1 Å². The van der Waals surface area contributed by atoms with Crippen molar-refractivity contribution in [1.29, 1.82) is 0 Å². The fraction of sp³-hybridized carbons (Fsp3) is 0.333. The van der Waals surface area contributed by atoms with Gasteiger partial charge in [0.05, 0.1) is 19.6 Å². The second kappa shape index (κ2) is 5.61. The highest BCUT2D eigenvalue weighted by atomic mass is 35.5. The summed E-state index contributed by atoms with van der Waals surface area (Å²) >= 11 is 6.77. The second-order valence-corrected chi connectivity index (χ2v) is 5.95. The molecule has 2 atom stereocenters. The number of hydrogen-bond donors (Lipinski definition) is 0. The number of fused-ring (bicyclic) bond motifs is 1. The fourth-order valence-electron chi connectivity index (χ4n) is 3.07. The van der Waals surface area contributed by atoms with E-state index in [1.807, 2.05) is 12.1 Å². The Balaban J connectivity index is 1.94. The standard InChI is InChI=1S/C18H19ClO2/c1-11-8-16(20-2)17(21-3)10-14(11)18(19)15-9-12-6-4-5-7-13(12)15/h4-8,10,15,18H,9H2,1-3H3. The summed E-state index contributed by atoms with van der Waals surface area (Å²) in [7, 11) is 3.30. The van der Waals surface area contributed by atoms with Gasteiger partial charge in [-0.1, -0.05) is 24.3 Å². The molecule has 1 aliphatic rings. The Kier molecular flexibility index (Phi) is 3.81. The van der Waals surface area contributed by atoms with Crippen molar-refractivity contribution in [2.45, 2.75) is 24.6 Å². The maximum atomic E-state index is 6.77. The van der Waals surface area contributed by atoms with Crippen molar-refractivity contribution in [2.75, 3.05) is 14.2 Å². The zero-order valence-corrected chi connectivity index (χ0v) is 13.3. The molecule has 0 heterocycles. The van der Waals surface area contributed by atoms with E-state index in [2.05, 4.69) is 31.2 Å². The van der Waals surface area contributed by atoms with Gasteiger partial charge in [0.25, 0.3) is 0 Å². The maximum absolute atomic E-state index is 6.77. The van der Waals surface area contributed by atoms with E-state index in [1.54, 1.807) is 14.2 Å². The van der Waals surface area contributed by atoms with Crippen molar-refractivity contribution >= 4 is 11.6 Å². The molecule has 110 valence electrons. The number of methoxy groups -OCH3 is 2. The van der Waals surface area contributed by atoms with Gasteiger partial charge in [0.15, 0.2) is 11.5 Å². The van der Waals surface area contributed by atoms with E-state index in [1.165, 1.54) is 11.1 Å². The van der Waals surface area contributed by atoms with Crippen LogP contribution in [0.2, 0.25) is 0 Å². The third-order valence-corrected chi connectivity index (χ3v) is 4.86. The molecule has 3 rings (SSSR count). The minimum absolute atomic E-state index is 0.0419. The smallest absolute Gasteiger partial charge is 0.161 e. The molecule has 1 aliphatic carbocycles. The monoisotopic (exact) mass is 302 g/mol. The van der Waals surface area contributed by atoms with Crippen molar-refractivity contribution < 1.29 is 9.47 Å². The van der Waals surface area contributed by atoms with Gasteiger partial charge in [-0.3, -0.25) is 0 Å². The molecule has 0 saturated heterocycles. The molecule has 0 aliphatic heterocycles. The summed E-state index contributed by atoms with van der Waals surface area (Å²) < 4.78 is 10.7. The molecule has 2 aromatic carbocycles. The lowest BCUT2D eigenvalue weighted by Gasteiger charge is -2.34. The molecule has 0 spiro atoms. The van der Waals surface area contributed by atoms with Gasteiger partial charge in [0, 0.05) is 5.92 Å². The van der Waals surface area contributed by atoms with Crippen LogP contribution in [0, 0.1) is 6.92 Å². The van der Waals surface area contributed by atoms with E-state index >= 15 is 0 Å². The highest BCUT2D eigenvalue weighted by Gasteiger charge is 2.33. The highest BCUT2D eigenvalue weighted by molar-refractivity contribution is 6.21. The predicted molar refractivity (Wildman–Crippen MR) is 85.8 cm³/mol. The molecule has 0 fully saturated rings. The summed E-state index contributed by atoms with van der Waals surface area (Å²) in [5.74, 6) is 1.85. The molecule has 0 amide bonds. The molecule has 2 nitrogen and oxygen atoms in total. The average Bonchev–Trinajstić information content (AvgIpc) is 2.48. The minimum atomic E-state index is -0.0419. The second-order valence-electron chi connectivity index (χ2n) is 5.47. The number of halogens is 1. The molecule has 3 heteroatoms. The molecule has 0 bridgehead atoms. The molecule has 2 unspecified atom stereocenters. The Bertz CT molecular complexity index is 666. The van der Waals surface area contributed by atoms with Gasteiger partial charge in [0.2, 0.25) is 0 Å². The molecule has 21 heavy (non-hydrogen) atoms. The lowest BCUT2D eigenvalue weighted by molar-refractivity contribution is 0.354. The zero-order valence-electron chi connectivity index (χ0n) is 12.5. The first-order valence-corrected chi connectivity index (χ1v) is 7.53. The van der Waals surface area contributed by atoms with Gasteiger partial charge in [-0.25, -0.2) is 0 Å². The summed E-state index contributed by atoms with van der Waals surface area (Å²) in [5.41, 5.74) is 5.03. The molecule has 0 saturated carbocycles. The number of aryl methyl sites for hydroxylation is 1. The van der Waals surface area contributed by atoms with Crippen LogP contribution < -0.4 is 9.47 Å². The van der Waals surface area contributed by atoms with Gasteiger partial charge in [0.1, 0.15) is 0 Å². The van der Waals surface area contributed by atoms with Crippen LogP contribution in [0.25, 0.3) is 0 Å². The van der Waals surface area contributed by atoms with Crippen LogP contribution in [0.4, 0.5) is 0 Å². The Labute approximate surface area is 130 Å². The molecule has 0 N–H and O–H groups in total. The first-order chi connectivity index (χ1) is 10.2. The van der Waals surface area contributed by atoms with Gasteiger partial charge < -0.3 is 9.47 Å². The first-order valence-electron chi connectivity index (χ1n) is 7.10. The maximum Gasteiger partial charge on any atom is 0.161 e. The third-order valence-electron chi connectivity index (χ3n) is 4.32. The number of rotatable bonds is 4. The van der Waals surface area contributed by atoms with Crippen LogP contribution in [0.5, 0.6) is 11.5 Å². The first kappa shape index (κ1) is 14.3. The van der Waals surface area contributed by atoms with Gasteiger partial charge in [-0.15, -0.1) is 11.6 Å². The minimum Gasteiger partial charge on any atom is -0.493 e. The molecule has 0 aromatic heterocycles. The Hall–Kier alpha value is -1.67. The number of hydrogen-bond acceptors (Lipinski definition) is 2. The lowest BCUT2D eigenvalue weighted by Crippen LogP contribution is -2.21. The molecular formula is C18H19ClO2. The van der Waals surface area contributed by atoms with Crippen molar-refractivity contribution in [1.82, 2.24) is 0 Å². The molecular weight excluding hydrogens is 284 g/mol. The Morgan fingerprint density at radius 3 is 2.43 bits per heavy atom. The van der Waals surface area contributed by atoms with Crippen LogP contribution in [-0.2, 0) is 6.42 Å². The molecule has 0 radical (unpaired) electrons. The van der Waals surface area contributed by atoms with Gasteiger partial charge in [-0.2, -0.15) is 0 Å². The van der Waals surface area contributed by atoms with Crippen molar-refractivity contribution in [3.8, 4) is 11.5 Å². The van der Waals surface area contributed by atoms with E-state index in [9.17, 15) is 0 Å². The topological polar surface area (TPSA) is 18.5 Å². The largest absolute Gasteiger partial charge is 0.493 e. The third kappa shape index (κ3) is 2.38. The number of alkyl halides is 1. The van der Waals surface area contributed by atoms with E-state index in [-0.39, 0.29) is 5.38 Å². The van der Waals surface area contributed by atoms with E-state index < -0.39 is 0 Å². The average molecular weight is 303 g/mol. The van der Waals surface area contributed by atoms with E-state index in [0.717, 1.165) is 29.0 Å². The summed E-state index contributed by atoms with van der Waals surface area (Å²) in [6.45, 7) is 2.07. The lowest BCUT2D eigenvalue weighted by atomic mass is 9.74. The van der Waals surface area contributed by atoms with E-state index in [0.29, 0.717) is 5.92 Å². The zero-order chi connectivity index (χ0) is 15.0. The van der Waals surface area contributed by atoms with Crippen molar-refractivity contribution in [3.05, 3.63) is 58.7 Å². The Morgan fingerprint density at radius 2 is 1.76 bits per heavy atom. The summed E-state index contributed by atoms with van der Waals surface area (Å²) in [5, 5.41) is -0.0419. The summed E-state index contributed by atoms with van der Waals surface area (Å²) in [4.78, 5) is 0. The SMILES string of the molecule is COc1cc(C)c(C(Cl)C2Cc3ccccc32)cc1OC. The van der Waals surface area contributed by atoms with Crippen LogP contribution in [0.3, 0.4) is 0 Å². The predicted octanol–water partition coefficient (Wildman–Crippen LogP) is 4.63. The van der Waals surface area contributed by atoms with Crippen LogP contribution in [0.15, 0.2) is 36.4 Å². The van der Waals surface area contributed by atoms with Gasteiger partial charge in [-0.05, 0) is 47.7 Å². The normalized spacial score (nSPS) is 17.6. The van der Waals surface area contributed by atoms with Crippen molar-refractivity contribution in [2.24, 2.45) is 0 Å². The summed E-state index contributed by atoms with van der Waals surface area (Å²) in [6, 6.07) is 12.5. The Morgan fingerprint density at radius 1 is 1.10 bits per heavy atom. The fourth-order valence-corrected chi connectivity index (χ4v) is 3.53. The van der Waals surface area contributed by atoms with Crippen LogP contribution >= 0.6 is 11.6 Å². The van der Waals surface area contributed by atoms with Crippen LogP contribution in [-0.4, -0.2) is 14.2 Å². The quantitative estimate of drug-likeness (QED) is 0.767. The van der Waals surface area contributed by atoms with Crippen molar-refractivity contribution in [3.63, 3.8) is 0 Å². The number of benzene rings is 2. The molecule has 2 aromatic rings.